The third kappa shape index (κ3) is 2.93. The zero-order valence-corrected chi connectivity index (χ0v) is 14.6. The number of benzene rings is 1. The quantitative estimate of drug-likeness (QED) is 0.700. The number of likely N-dealkylation sites (tertiary alicyclic amines) is 1. The third-order valence-corrected chi connectivity index (χ3v) is 5.22. The van der Waals surface area contributed by atoms with Gasteiger partial charge in [0.25, 0.3) is 5.91 Å². The molecular weight excluding hydrogens is 310 g/mol. The molecule has 2 aromatic heterocycles. The van der Waals surface area contributed by atoms with Gasteiger partial charge in [-0.25, -0.2) is 0 Å². The maximum atomic E-state index is 13.5. The maximum Gasteiger partial charge on any atom is 0.255 e. The number of aryl methyl sites for hydroxylation is 1. The van der Waals surface area contributed by atoms with Crippen molar-refractivity contribution in [3.05, 3.63) is 66.1 Å². The summed E-state index contributed by atoms with van der Waals surface area (Å²) < 4.78 is 2.14. The van der Waals surface area contributed by atoms with Gasteiger partial charge in [-0.1, -0.05) is 25.0 Å². The lowest BCUT2D eigenvalue weighted by molar-refractivity contribution is 0.0676. The van der Waals surface area contributed by atoms with E-state index < -0.39 is 0 Å². The minimum atomic E-state index is 0.117. The van der Waals surface area contributed by atoms with Crippen LogP contribution in [0.1, 0.15) is 47.8 Å². The Balaban J connectivity index is 1.76. The van der Waals surface area contributed by atoms with Crippen LogP contribution in [0.3, 0.4) is 0 Å². The molecule has 0 spiro atoms. The highest BCUT2D eigenvalue weighted by Gasteiger charge is 2.29. The van der Waals surface area contributed by atoms with Gasteiger partial charge < -0.3 is 9.47 Å². The van der Waals surface area contributed by atoms with Gasteiger partial charge in [-0.3, -0.25) is 9.78 Å². The molecule has 1 atom stereocenters. The van der Waals surface area contributed by atoms with Crippen LogP contribution in [0, 0.1) is 0 Å². The second-order valence-corrected chi connectivity index (χ2v) is 6.78. The number of aromatic nitrogens is 2. The summed E-state index contributed by atoms with van der Waals surface area (Å²) in [5.74, 6) is 0.117. The number of carbonyl (C=O) groups excluding carboxylic acids is 1. The maximum absolute atomic E-state index is 13.5. The summed E-state index contributed by atoms with van der Waals surface area (Å²) in [5.41, 5.74) is 2.85. The molecule has 1 saturated heterocycles. The highest BCUT2D eigenvalue weighted by molar-refractivity contribution is 6.06. The van der Waals surface area contributed by atoms with E-state index in [2.05, 4.69) is 39.8 Å². The monoisotopic (exact) mass is 333 g/mol. The standard InChI is InChI=1S/C21H23N3O/c1-23-14-7-12-19(23)20-11-3-2-4-15-24(20)21(25)17-8-5-10-18-16(17)9-6-13-22-18/h5-10,12-14,20H,2-4,11,15H2,1H3. The van der Waals surface area contributed by atoms with Gasteiger partial charge in [0.2, 0.25) is 0 Å². The SMILES string of the molecule is Cn1cccc1C1CCCCCN1C(=O)c1cccc2ncccc12. The van der Waals surface area contributed by atoms with Gasteiger partial charge in [0.15, 0.2) is 0 Å². The topological polar surface area (TPSA) is 38.1 Å². The molecule has 3 aromatic rings. The first kappa shape index (κ1) is 15.9. The van der Waals surface area contributed by atoms with Crippen molar-refractivity contribution in [2.45, 2.75) is 31.7 Å². The number of fused-ring (bicyclic) bond motifs is 1. The molecule has 1 amide bonds. The minimum Gasteiger partial charge on any atom is -0.353 e. The molecule has 1 aliphatic rings. The Bertz CT molecular complexity index is 894. The Labute approximate surface area is 148 Å². The van der Waals surface area contributed by atoms with Gasteiger partial charge >= 0.3 is 0 Å². The van der Waals surface area contributed by atoms with E-state index in [1.54, 1.807) is 6.20 Å². The van der Waals surface area contributed by atoms with Crippen LogP contribution in [0.25, 0.3) is 10.9 Å². The fraction of sp³-hybridized carbons (Fsp3) is 0.333. The summed E-state index contributed by atoms with van der Waals surface area (Å²) in [4.78, 5) is 19.9. The molecule has 4 heteroatoms. The molecule has 0 saturated carbocycles. The normalized spacial score (nSPS) is 18.3. The molecule has 3 heterocycles. The van der Waals surface area contributed by atoms with Crippen LogP contribution in [0.2, 0.25) is 0 Å². The molecule has 4 nitrogen and oxygen atoms in total. The van der Waals surface area contributed by atoms with Crippen molar-refractivity contribution in [1.29, 1.82) is 0 Å². The van der Waals surface area contributed by atoms with Crippen LogP contribution in [0.15, 0.2) is 54.9 Å². The molecular formula is C21H23N3O. The van der Waals surface area contributed by atoms with Crippen molar-refractivity contribution < 1.29 is 4.79 Å². The number of pyridine rings is 1. The van der Waals surface area contributed by atoms with Crippen molar-refractivity contribution in [3.63, 3.8) is 0 Å². The van der Waals surface area contributed by atoms with Crippen molar-refractivity contribution >= 4 is 16.8 Å². The van der Waals surface area contributed by atoms with Crippen molar-refractivity contribution in [1.82, 2.24) is 14.5 Å². The molecule has 1 fully saturated rings. The fourth-order valence-electron chi connectivity index (χ4n) is 3.92. The molecule has 0 N–H and O–H groups in total. The van der Waals surface area contributed by atoms with E-state index in [1.807, 2.05) is 30.3 Å². The van der Waals surface area contributed by atoms with Gasteiger partial charge in [0.1, 0.15) is 0 Å². The predicted octanol–water partition coefficient (Wildman–Crippen LogP) is 4.33. The zero-order chi connectivity index (χ0) is 17.2. The number of carbonyl (C=O) groups is 1. The molecule has 128 valence electrons. The highest BCUT2D eigenvalue weighted by atomic mass is 16.2. The van der Waals surface area contributed by atoms with Crippen molar-refractivity contribution in [2.24, 2.45) is 7.05 Å². The highest BCUT2D eigenvalue weighted by Crippen LogP contribution is 2.32. The second-order valence-electron chi connectivity index (χ2n) is 6.78. The van der Waals surface area contributed by atoms with E-state index in [9.17, 15) is 4.79 Å². The molecule has 1 aliphatic heterocycles. The van der Waals surface area contributed by atoms with Crippen LogP contribution in [0.4, 0.5) is 0 Å². The number of amides is 1. The number of nitrogens with zero attached hydrogens (tertiary/aromatic N) is 3. The first-order valence-corrected chi connectivity index (χ1v) is 9.01. The first-order chi connectivity index (χ1) is 12.3. The Morgan fingerprint density at radius 3 is 2.84 bits per heavy atom. The number of hydrogen-bond donors (Lipinski definition) is 0. The smallest absolute Gasteiger partial charge is 0.255 e. The Kier molecular flexibility index (Phi) is 4.26. The Hall–Kier alpha value is -2.62. The van der Waals surface area contributed by atoms with Gasteiger partial charge in [-0.05, 0) is 43.2 Å². The average molecular weight is 333 g/mol. The molecule has 0 bridgehead atoms. The molecule has 4 rings (SSSR count). The summed E-state index contributed by atoms with van der Waals surface area (Å²) in [5, 5.41) is 0.935. The van der Waals surface area contributed by atoms with Gasteiger partial charge in [0.05, 0.1) is 11.6 Å². The summed E-state index contributed by atoms with van der Waals surface area (Å²) in [6.07, 6.45) is 8.26. The van der Waals surface area contributed by atoms with Crippen LogP contribution >= 0.6 is 0 Å². The van der Waals surface area contributed by atoms with Gasteiger partial charge in [-0.2, -0.15) is 0 Å². The van der Waals surface area contributed by atoms with E-state index in [4.69, 9.17) is 0 Å². The number of rotatable bonds is 2. The predicted molar refractivity (Wildman–Crippen MR) is 99.4 cm³/mol. The second kappa shape index (κ2) is 6.71. The fourth-order valence-corrected chi connectivity index (χ4v) is 3.92. The van der Waals surface area contributed by atoms with E-state index in [-0.39, 0.29) is 11.9 Å². The van der Waals surface area contributed by atoms with E-state index >= 15 is 0 Å². The lowest BCUT2D eigenvalue weighted by Crippen LogP contribution is -2.35. The summed E-state index contributed by atoms with van der Waals surface area (Å²) >= 11 is 0. The van der Waals surface area contributed by atoms with Crippen LogP contribution in [-0.2, 0) is 7.05 Å². The molecule has 0 aliphatic carbocycles. The summed E-state index contributed by atoms with van der Waals surface area (Å²) in [6.45, 7) is 0.811. The third-order valence-electron chi connectivity index (χ3n) is 5.22. The van der Waals surface area contributed by atoms with Crippen LogP contribution in [0.5, 0.6) is 0 Å². The van der Waals surface area contributed by atoms with Gasteiger partial charge in [0, 0.05) is 42.6 Å². The van der Waals surface area contributed by atoms with E-state index in [1.165, 1.54) is 12.1 Å². The molecule has 1 unspecified atom stereocenters. The van der Waals surface area contributed by atoms with Gasteiger partial charge in [-0.15, -0.1) is 0 Å². The minimum absolute atomic E-state index is 0.117. The summed E-state index contributed by atoms with van der Waals surface area (Å²) in [7, 11) is 2.06. The van der Waals surface area contributed by atoms with Crippen LogP contribution in [-0.4, -0.2) is 26.9 Å². The largest absolute Gasteiger partial charge is 0.353 e. The number of hydrogen-bond acceptors (Lipinski definition) is 2. The lowest BCUT2D eigenvalue weighted by atomic mass is 10.0. The Morgan fingerprint density at radius 1 is 1.08 bits per heavy atom. The van der Waals surface area contributed by atoms with Crippen molar-refractivity contribution in [3.8, 4) is 0 Å². The van der Waals surface area contributed by atoms with E-state index in [0.717, 1.165) is 42.3 Å². The molecule has 1 aromatic carbocycles. The van der Waals surface area contributed by atoms with E-state index in [0.29, 0.717) is 0 Å². The molecule has 0 radical (unpaired) electrons. The van der Waals surface area contributed by atoms with Crippen LogP contribution < -0.4 is 0 Å². The average Bonchev–Trinajstić information content (AvgIpc) is 2.92. The van der Waals surface area contributed by atoms with Crippen molar-refractivity contribution in [2.75, 3.05) is 6.54 Å². The summed E-state index contributed by atoms with van der Waals surface area (Å²) in [6, 6.07) is 14.1. The first-order valence-electron chi connectivity index (χ1n) is 9.01. The lowest BCUT2D eigenvalue weighted by Gasteiger charge is -2.31. The zero-order valence-electron chi connectivity index (χ0n) is 14.6. The Morgan fingerprint density at radius 2 is 2.00 bits per heavy atom. The molecule has 25 heavy (non-hydrogen) atoms.